The Labute approximate surface area is 125 Å². The highest BCUT2D eigenvalue weighted by atomic mass is 31.1. The van der Waals surface area contributed by atoms with E-state index in [1.54, 1.807) is 10.6 Å². The van der Waals surface area contributed by atoms with Crippen LogP contribution in [-0.4, -0.2) is 6.16 Å². The Morgan fingerprint density at radius 1 is 0.750 bits per heavy atom. The molecule has 0 atom stereocenters. The zero-order valence-corrected chi connectivity index (χ0v) is 14.2. The summed E-state index contributed by atoms with van der Waals surface area (Å²) in [5, 5.41) is 3.13. The second-order valence-electron chi connectivity index (χ2n) is 5.59. The van der Waals surface area contributed by atoms with Crippen molar-refractivity contribution in [3.8, 4) is 0 Å². The van der Waals surface area contributed by atoms with Crippen LogP contribution in [0.5, 0.6) is 0 Å². The molecule has 0 unspecified atom stereocenters. The van der Waals surface area contributed by atoms with E-state index in [1.807, 2.05) is 0 Å². The molecule has 0 nitrogen and oxygen atoms in total. The molecule has 106 valence electrons. The number of aryl methyl sites for hydroxylation is 2. The highest BCUT2D eigenvalue weighted by Crippen LogP contribution is 2.37. The van der Waals surface area contributed by atoms with E-state index in [1.165, 1.54) is 34.8 Å². The summed E-state index contributed by atoms with van der Waals surface area (Å²) in [5.74, 6) is 0. The Kier molecular flexibility index (Phi) is 5.00. The molecule has 2 aromatic rings. The van der Waals surface area contributed by atoms with Crippen LogP contribution in [0.3, 0.4) is 0 Å². The van der Waals surface area contributed by atoms with Gasteiger partial charge in [-0.2, -0.15) is 0 Å². The van der Waals surface area contributed by atoms with Crippen molar-refractivity contribution < 1.29 is 0 Å². The predicted octanol–water partition coefficient (Wildman–Crippen LogP) is 4.76. The largest absolute Gasteiger partial charge is 0.0650 e. The van der Waals surface area contributed by atoms with E-state index in [2.05, 4.69) is 71.0 Å². The average molecular weight is 284 g/mol. The Morgan fingerprint density at radius 2 is 1.20 bits per heavy atom. The van der Waals surface area contributed by atoms with Gasteiger partial charge in [-0.25, -0.2) is 0 Å². The Balaban J connectivity index is 2.56. The monoisotopic (exact) mass is 284 g/mol. The first kappa shape index (κ1) is 15.3. The van der Waals surface area contributed by atoms with Crippen LogP contribution in [0, 0.1) is 27.7 Å². The van der Waals surface area contributed by atoms with Gasteiger partial charge in [0.05, 0.1) is 0 Å². The zero-order chi connectivity index (χ0) is 14.7. The minimum atomic E-state index is -0.225. The van der Waals surface area contributed by atoms with Gasteiger partial charge in [0.25, 0.3) is 0 Å². The summed E-state index contributed by atoms with van der Waals surface area (Å²) in [6, 6.07) is 13.6. The molecule has 0 aromatic heterocycles. The first-order valence-electron chi connectivity index (χ1n) is 7.46. The van der Waals surface area contributed by atoms with Crippen molar-refractivity contribution in [2.75, 3.05) is 6.16 Å². The molecule has 0 amide bonds. The topological polar surface area (TPSA) is 0 Å². The van der Waals surface area contributed by atoms with Gasteiger partial charge in [0, 0.05) is 0 Å². The molecule has 0 radical (unpaired) electrons. The van der Waals surface area contributed by atoms with E-state index in [9.17, 15) is 0 Å². The molecule has 0 heterocycles. The van der Waals surface area contributed by atoms with E-state index < -0.39 is 0 Å². The van der Waals surface area contributed by atoms with Crippen molar-refractivity contribution in [3.63, 3.8) is 0 Å². The fourth-order valence-electron chi connectivity index (χ4n) is 2.65. The number of hydrogen-bond acceptors (Lipinski definition) is 0. The van der Waals surface area contributed by atoms with Gasteiger partial charge in [-0.15, -0.1) is 0 Å². The average Bonchev–Trinajstić information content (AvgIpc) is 2.43. The quantitative estimate of drug-likeness (QED) is 0.710. The van der Waals surface area contributed by atoms with Crippen molar-refractivity contribution >= 4 is 18.5 Å². The van der Waals surface area contributed by atoms with Crippen LogP contribution < -0.4 is 10.6 Å². The molecule has 0 bridgehead atoms. The summed E-state index contributed by atoms with van der Waals surface area (Å²) in [6.07, 6.45) is 2.52. The van der Waals surface area contributed by atoms with Crippen LogP contribution in [0.4, 0.5) is 0 Å². The summed E-state index contributed by atoms with van der Waals surface area (Å²) in [4.78, 5) is 0. The van der Waals surface area contributed by atoms with Gasteiger partial charge in [0.15, 0.2) is 0 Å². The van der Waals surface area contributed by atoms with Crippen molar-refractivity contribution in [1.29, 1.82) is 0 Å². The minimum Gasteiger partial charge on any atom is -0.0650 e. The van der Waals surface area contributed by atoms with Crippen molar-refractivity contribution in [3.05, 3.63) is 58.7 Å². The first-order valence-corrected chi connectivity index (χ1v) is 8.99. The lowest BCUT2D eigenvalue weighted by Gasteiger charge is -2.23. The smallest absolute Gasteiger partial charge is 0.0163 e. The lowest BCUT2D eigenvalue weighted by atomic mass is 10.1. The van der Waals surface area contributed by atoms with E-state index >= 15 is 0 Å². The predicted molar refractivity (Wildman–Crippen MR) is 93.2 cm³/mol. The summed E-state index contributed by atoms with van der Waals surface area (Å²) in [5.41, 5.74) is 5.79. The third-order valence-corrected chi connectivity index (χ3v) is 7.21. The molecule has 0 saturated heterocycles. The van der Waals surface area contributed by atoms with Crippen molar-refractivity contribution in [2.24, 2.45) is 0 Å². The third-order valence-electron chi connectivity index (χ3n) is 4.18. The normalized spacial score (nSPS) is 11.1. The minimum absolute atomic E-state index is 0.225. The lowest BCUT2D eigenvalue weighted by molar-refractivity contribution is 1.10. The van der Waals surface area contributed by atoms with Gasteiger partial charge in [0.2, 0.25) is 0 Å². The molecule has 1 heteroatoms. The number of rotatable bonds is 4. The van der Waals surface area contributed by atoms with Gasteiger partial charge in [-0.05, 0) is 74.6 Å². The molecular weight excluding hydrogens is 259 g/mol. The second-order valence-corrected chi connectivity index (χ2v) is 7.86. The summed E-state index contributed by atoms with van der Waals surface area (Å²) >= 11 is 0. The molecule has 20 heavy (non-hydrogen) atoms. The Hall–Kier alpha value is -1.13. The lowest BCUT2D eigenvalue weighted by Crippen LogP contribution is -2.19. The number of benzene rings is 2. The van der Waals surface area contributed by atoms with Crippen molar-refractivity contribution in [1.82, 2.24) is 0 Å². The van der Waals surface area contributed by atoms with Gasteiger partial charge < -0.3 is 0 Å². The maximum atomic E-state index is 2.34. The second kappa shape index (κ2) is 6.55. The molecule has 0 N–H and O–H groups in total. The number of hydrogen-bond donors (Lipinski definition) is 0. The third kappa shape index (κ3) is 2.96. The fraction of sp³-hybridized carbons (Fsp3) is 0.368. The molecular formula is C19H25P. The standard InChI is InChI=1S/C19H25P/c1-6-13-20(18-11-7-9-14(2)16(18)4)19-12-8-10-15(3)17(19)5/h7-12H,6,13H2,1-5H3. The van der Waals surface area contributed by atoms with Gasteiger partial charge in [0.1, 0.15) is 0 Å². The van der Waals surface area contributed by atoms with Gasteiger partial charge in [-0.3, -0.25) is 0 Å². The van der Waals surface area contributed by atoms with Crippen LogP contribution >= 0.6 is 7.92 Å². The molecule has 0 spiro atoms. The van der Waals surface area contributed by atoms with Crippen LogP contribution in [-0.2, 0) is 0 Å². The van der Waals surface area contributed by atoms with Gasteiger partial charge >= 0.3 is 0 Å². The van der Waals surface area contributed by atoms with E-state index in [-0.39, 0.29) is 7.92 Å². The Morgan fingerprint density at radius 3 is 1.60 bits per heavy atom. The molecule has 2 rings (SSSR count). The zero-order valence-electron chi connectivity index (χ0n) is 13.3. The molecule has 0 saturated carbocycles. The SMILES string of the molecule is CCCP(c1cccc(C)c1C)c1cccc(C)c1C. The van der Waals surface area contributed by atoms with Crippen molar-refractivity contribution in [2.45, 2.75) is 41.0 Å². The molecule has 0 aliphatic rings. The molecule has 2 aromatic carbocycles. The highest BCUT2D eigenvalue weighted by Gasteiger charge is 2.18. The first-order chi connectivity index (χ1) is 9.56. The maximum absolute atomic E-state index is 2.34. The van der Waals surface area contributed by atoms with Crippen LogP contribution in [0.25, 0.3) is 0 Å². The Bertz CT molecular complexity index is 547. The van der Waals surface area contributed by atoms with Crippen LogP contribution in [0.2, 0.25) is 0 Å². The molecule has 0 aliphatic heterocycles. The maximum Gasteiger partial charge on any atom is -0.0163 e. The van der Waals surface area contributed by atoms with Crippen LogP contribution in [0.15, 0.2) is 36.4 Å². The van der Waals surface area contributed by atoms with E-state index in [4.69, 9.17) is 0 Å². The van der Waals surface area contributed by atoms with Gasteiger partial charge in [-0.1, -0.05) is 49.7 Å². The van der Waals surface area contributed by atoms with Crippen LogP contribution in [0.1, 0.15) is 35.6 Å². The van der Waals surface area contributed by atoms with E-state index in [0.717, 1.165) is 0 Å². The van der Waals surface area contributed by atoms with E-state index in [0.29, 0.717) is 0 Å². The molecule has 0 fully saturated rings. The molecule has 0 aliphatic carbocycles. The summed E-state index contributed by atoms with van der Waals surface area (Å²) < 4.78 is 0. The summed E-state index contributed by atoms with van der Waals surface area (Å²) in [7, 11) is -0.225. The highest BCUT2D eigenvalue weighted by molar-refractivity contribution is 7.73. The summed E-state index contributed by atoms with van der Waals surface area (Å²) in [6.45, 7) is 11.3. The fourth-order valence-corrected chi connectivity index (χ4v) is 5.53.